The van der Waals surface area contributed by atoms with Gasteiger partial charge in [-0.05, 0) is 31.5 Å². The Bertz CT molecular complexity index is 409. The van der Waals surface area contributed by atoms with Crippen molar-refractivity contribution in [2.24, 2.45) is 0 Å². The molecule has 0 radical (unpaired) electrons. The SMILES string of the molecule is COc1ccc(CN2CC(=O)CC2(C)C)cc1. The highest BCUT2D eigenvalue weighted by atomic mass is 16.5. The molecule has 0 aromatic heterocycles. The van der Waals surface area contributed by atoms with Gasteiger partial charge in [0.15, 0.2) is 0 Å². The lowest BCUT2D eigenvalue weighted by molar-refractivity contribution is -0.117. The molecule has 0 amide bonds. The first-order valence-corrected chi connectivity index (χ1v) is 5.91. The molecule has 17 heavy (non-hydrogen) atoms. The van der Waals surface area contributed by atoms with Crippen LogP contribution < -0.4 is 4.74 Å². The quantitative estimate of drug-likeness (QED) is 0.802. The van der Waals surface area contributed by atoms with Crippen LogP contribution in [0.25, 0.3) is 0 Å². The summed E-state index contributed by atoms with van der Waals surface area (Å²) >= 11 is 0. The highest BCUT2D eigenvalue weighted by Gasteiger charge is 2.36. The summed E-state index contributed by atoms with van der Waals surface area (Å²) in [4.78, 5) is 13.7. The number of carbonyl (C=O) groups is 1. The number of Topliss-reactive ketones (excluding diaryl/α,β-unsaturated/α-hetero) is 1. The first-order chi connectivity index (χ1) is 8.01. The number of ketones is 1. The van der Waals surface area contributed by atoms with E-state index in [1.807, 2.05) is 12.1 Å². The number of methoxy groups -OCH3 is 1. The summed E-state index contributed by atoms with van der Waals surface area (Å²) in [5.41, 5.74) is 1.20. The molecule has 0 N–H and O–H groups in total. The predicted octanol–water partition coefficient (Wildman–Crippen LogP) is 2.25. The molecule has 0 unspecified atom stereocenters. The molecule has 3 nitrogen and oxygen atoms in total. The first-order valence-electron chi connectivity index (χ1n) is 5.91. The zero-order valence-corrected chi connectivity index (χ0v) is 10.7. The Morgan fingerprint density at radius 1 is 1.29 bits per heavy atom. The Morgan fingerprint density at radius 2 is 1.94 bits per heavy atom. The average molecular weight is 233 g/mol. The van der Waals surface area contributed by atoms with Crippen LogP contribution in [-0.2, 0) is 11.3 Å². The normalized spacial score (nSPS) is 19.6. The number of carbonyl (C=O) groups excluding carboxylic acids is 1. The molecule has 1 aliphatic heterocycles. The summed E-state index contributed by atoms with van der Waals surface area (Å²) in [5.74, 6) is 1.20. The fourth-order valence-corrected chi connectivity index (χ4v) is 2.30. The number of hydrogen-bond acceptors (Lipinski definition) is 3. The lowest BCUT2D eigenvalue weighted by Gasteiger charge is -2.30. The highest BCUT2D eigenvalue weighted by molar-refractivity contribution is 5.84. The molecular formula is C14H19NO2. The second-order valence-electron chi connectivity index (χ2n) is 5.23. The van der Waals surface area contributed by atoms with Gasteiger partial charge in [-0.3, -0.25) is 9.69 Å². The van der Waals surface area contributed by atoms with Crippen molar-refractivity contribution in [2.45, 2.75) is 32.4 Å². The molecule has 2 rings (SSSR count). The summed E-state index contributed by atoms with van der Waals surface area (Å²) in [6, 6.07) is 8.02. The molecular weight excluding hydrogens is 214 g/mol. The molecule has 1 saturated heterocycles. The molecule has 0 spiro atoms. The van der Waals surface area contributed by atoms with Gasteiger partial charge in [0.2, 0.25) is 0 Å². The van der Waals surface area contributed by atoms with Gasteiger partial charge in [-0.2, -0.15) is 0 Å². The van der Waals surface area contributed by atoms with Gasteiger partial charge >= 0.3 is 0 Å². The molecule has 1 aliphatic rings. The monoisotopic (exact) mass is 233 g/mol. The van der Waals surface area contributed by atoms with Gasteiger partial charge in [-0.15, -0.1) is 0 Å². The van der Waals surface area contributed by atoms with E-state index in [1.54, 1.807) is 7.11 Å². The predicted molar refractivity (Wildman–Crippen MR) is 67.1 cm³/mol. The standard InChI is InChI=1S/C14H19NO2/c1-14(2)8-12(16)10-15(14)9-11-4-6-13(17-3)7-5-11/h4-7H,8-10H2,1-3H3. The minimum atomic E-state index is -0.0169. The van der Waals surface area contributed by atoms with E-state index >= 15 is 0 Å². The third kappa shape index (κ3) is 2.67. The molecule has 3 heteroatoms. The van der Waals surface area contributed by atoms with Crippen molar-refractivity contribution in [3.8, 4) is 5.75 Å². The van der Waals surface area contributed by atoms with Crippen molar-refractivity contribution in [3.05, 3.63) is 29.8 Å². The van der Waals surface area contributed by atoms with E-state index in [0.717, 1.165) is 12.3 Å². The summed E-state index contributed by atoms with van der Waals surface area (Å²) in [5, 5.41) is 0. The molecule has 0 bridgehead atoms. The van der Waals surface area contributed by atoms with Gasteiger partial charge in [0.1, 0.15) is 11.5 Å². The third-order valence-electron chi connectivity index (χ3n) is 3.39. The van der Waals surface area contributed by atoms with Gasteiger partial charge in [0.25, 0.3) is 0 Å². The molecule has 1 aromatic carbocycles. The molecule has 0 atom stereocenters. The zero-order valence-electron chi connectivity index (χ0n) is 10.7. The lowest BCUT2D eigenvalue weighted by atomic mass is 10.0. The second kappa shape index (κ2) is 4.49. The number of benzene rings is 1. The lowest BCUT2D eigenvalue weighted by Crippen LogP contribution is -2.37. The topological polar surface area (TPSA) is 29.5 Å². The average Bonchev–Trinajstić information content (AvgIpc) is 2.53. The Kier molecular flexibility index (Phi) is 3.20. The van der Waals surface area contributed by atoms with Crippen molar-refractivity contribution in [3.63, 3.8) is 0 Å². The minimum absolute atomic E-state index is 0.0169. The van der Waals surface area contributed by atoms with Gasteiger partial charge in [-0.1, -0.05) is 12.1 Å². The minimum Gasteiger partial charge on any atom is -0.497 e. The van der Waals surface area contributed by atoms with Gasteiger partial charge in [-0.25, -0.2) is 0 Å². The number of ether oxygens (including phenoxy) is 1. The fourth-order valence-electron chi connectivity index (χ4n) is 2.30. The number of hydrogen-bond donors (Lipinski definition) is 0. The van der Waals surface area contributed by atoms with Crippen LogP contribution in [0.1, 0.15) is 25.8 Å². The van der Waals surface area contributed by atoms with Crippen molar-refractivity contribution < 1.29 is 9.53 Å². The largest absolute Gasteiger partial charge is 0.497 e. The van der Waals surface area contributed by atoms with E-state index in [0.29, 0.717) is 18.7 Å². The maximum atomic E-state index is 11.5. The van der Waals surface area contributed by atoms with Crippen LogP contribution in [0.4, 0.5) is 0 Å². The molecule has 92 valence electrons. The summed E-state index contributed by atoms with van der Waals surface area (Å²) < 4.78 is 5.13. The number of nitrogens with zero attached hydrogens (tertiary/aromatic N) is 1. The van der Waals surface area contributed by atoms with Crippen molar-refractivity contribution in [1.29, 1.82) is 0 Å². The fraction of sp³-hybridized carbons (Fsp3) is 0.500. The van der Waals surface area contributed by atoms with Crippen LogP contribution in [0, 0.1) is 0 Å². The Morgan fingerprint density at radius 3 is 2.41 bits per heavy atom. The van der Waals surface area contributed by atoms with E-state index in [9.17, 15) is 4.79 Å². The van der Waals surface area contributed by atoms with Gasteiger partial charge < -0.3 is 4.74 Å². The molecule has 0 aliphatic carbocycles. The van der Waals surface area contributed by atoms with E-state index in [-0.39, 0.29) is 5.54 Å². The van der Waals surface area contributed by atoms with Crippen LogP contribution in [0.3, 0.4) is 0 Å². The smallest absolute Gasteiger partial charge is 0.148 e. The summed E-state index contributed by atoms with van der Waals surface area (Å²) in [7, 11) is 1.66. The highest BCUT2D eigenvalue weighted by Crippen LogP contribution is 2.28. The molecule has 1 aromatic rings. The Hall–Kier alpha value is -1.35. The third-order valence-corrected chi connectivity index (χ3v) is 3.39. The number of rotatable bonds is 3. The van der Waals surface area contributed by atoms with Gasteiger partial charge in [0.05, 0.1) is 13.7 Å². The molecule has 1 heterocycles. The maximum Gasteiger partial charge on any atom is 0.148 e. The van der Waals surface area contributed by atoms with Crippen molar-refractivity contribution in [1.82, 2.24) is 4.90 Å². The zero-order chi connectivity index (χ0) is 12.5. The van der Waals surface area contributed by atoms with Crippen molar-refractivity contribution in [2.75, 3.05) is 13.7 Å². The van der Waals surface area contributed by atoms with Crippen LogP contribution >= 0.6 is 0 Å². The van der Waals surface area contributed by atoms with E-state index in [1.165, 1.54) is 5.56 Å². The van der Waals surface area contributed by atoms with Crippen LogP contribution in [-0.4, -0.2) is 29.9 Å². The van der Waals surface area contributed by atoms with Gasteiger partial charge in [0, 0.05) is 18.5 Å². The molecule has 1 fully saturated rings. The van der Waals surface area contributed by atoms with Crippen molar-refractivity contribution >= 4 is 5.78 Å². The maximum absolute atomic E-state index is 11.5. The molecule has 0 saturated carbocycles. The first kappa shape index (κ1) is 12.1. The van der Waals surface area contributed by atoms with Crippen LogP contribution in [0.2, 0.25) is 0 Å². The summed E-state index contributed by atoms with van der Waals surface area (Å²) in [6.45, 7) is 5.64. The van der Waals surface area contributed by atoms with E-state index < -0.39 is 0 Å². The Balaban J connectivity index is 2.07. The Labute approximate surface area is 102 Å². The summed E-state index contributed by atoms with van der Waals surface area (Å²) in [6.07, 6.45) is 0.656. The van der Waals surface area contributed by atoms with Crippen LogP contribution in [0.5, 0.6) is 5.75 Å². The van der Waals surface area contributed by atoms with Crippen LogP contribution in [0.15, 0.2) is 24.3 Å². The van der Waals surface area contributed by atoms with E-state index in [4.69, 9.17) is 4.74 Å². The second-order valence-corrected chi connectivity index (χ2v) is 5.23. The van der Waals surface area contributed by atoms with E-state index in [2.05, 4.69) is 30.9 Å². The number of likely N-dealkylation sites (tertiary alicyclic amines) is 1.